The summed E-state index contributed by atoms with van der Waals surface area (Å²) >= 11 is 0. The highest BCUT2D eigenvalue weighted by Crippen LogP contribution is 2.20. The Morgan fingerprint density at radius 1 is 1.39 bits per heavy atom. The average molecular weight is 245 g/mol. The van der Waals surface area contributed by atoms with Gasteiger partial charge >= 0.3 is 0 Å². The number of hydrogen-bond acceptors (Lipinski definition) is 3. The van der Waals surface area contributed by atoms with Crippen LogP contribution >= 0.6 is 0 Å². The molecule has 2 N–H and O–H groups in total. The molecule has 2 aromatic rings. The molecule has 0 amide bonds. The zero-order chi connectivity index (χ0) is 12.8. The normalized spacial score (nSPS) is 10.6. The number of rotatable bonds is 6. The lowest BCUT2D eigenvalue weighted by atomic mass is 10.1. The molecule has 96 valence electrons. The van der Waals surface area contributed by atoms with Gasteiger partial charge in [-0.05, 0) is 31.5 Å². The predicted molar refractivity (Wildman–Crippen MR) is 71.7 cm³/mol. The van der Waals surface area contributed by atoms with Gasteiger partial charge in [0.15, 0.2) is 0 Å². The summed E-state index contributed by atoms with van der Waals surface area (Å²) in [7, 11) is 0. The third-order valence-electron chi connectivity index (χ3n) is 2.80. The van der Waals surface area contributed by atoms with Gasteiger partial charge in [-0.1, -0.05) is 17.7 Å². The van der Waals surface area contributed by atoms with Crippen molar-refractivity contribution in [3.8, 4) is 5.75 Å². The summed E-state index contributed by atoms with van der Waals surface area (Å²) in [5, 5.41) is 0. The van der Waals surface area contributed by atoms with E-state index in [1.54, 1.807) is 12.5 Å². The number of nitrogens with zero attached hydrogens (tertiary/aromatic N) is 2. The molecule has 0 unspecified atom stereocenters. The number of imidazole rings is 1. The fourth-order valence-corrected chi connectivity index (χ4v) is 1.88. The SMILES string of the molecule is Cc1ccc(OCCn2ccnc2)c(CCN)c1. The number of aryl methyl sites for hydroxylation is 1. The first-order valence-electron chi connectivity index (χ1n) is 6.17. The standard InChI is InChI=1S/C14H19N3O/c1-12-2-3-14(13(10-12)4-5-15)18-9-8-17-7-6-16-11-17/h2-3,6-7,10-11H,4-5,8-9,15H2,1H3. The predicted octanol–water partition coefficient (Wildman–Crippen LogP) is 1.77. The fraction of sp³-hybridized carbons (Fsp3) is 0.357. The van der Waals surface area contributed by atoms with E-state index in [-0.39, 0.29) is 0 Å². The molecule has 0 aliphatic heterocycles. The first-order chi connectivity index (χ1) is 8.79. The molecule has 4 heteroatoms. The maximum absolute atomic E-state index is 5.81. The van der Waals surface area contributed by atoms with E-state index >= 15 is 0 Å². The fourth-order valence-electron chi connectivity index (χ4n) is 1.88. The smallest absolute Gasteiger partial charge is 0.122 e. The molecule has 0 atom stereocenters. The van der Waals surface area contributed by atoms with Gasteiger partial charge in [-0.15, -0.1) is 0 Å². The van der Waals surface area contributed by atoms with Gasteiger partial charge in [0.2, 0.25) is 0 Å². The van der Waals surface area contributed by atoms with Crippen LogP contribution in [0.5, 0.6) is 5.75 Å². The monoisotopic (exact) mass is 245 g/mol. The van der Waals surface area contributed by atoms with E-state index in [2.05, 4.69) is 24.0 Å². The number of ether oxygens (including phenoxy) is 1. The Hall–Kier alpha value is -1.81. The Balaban J connectivity index is 1.95. The van der Waals surface area contributed by atoms with E-state index in [1.807, 2.05) is 16.8 Å². The van der Waals surface area contributed by atoms with Crippen LogP contribution in [0.3, 0.4) is 0 Å². The number of nitrogens with two attached hydrogens (primary N) is 1. The average Bonchev–Trinajstić information content (AvgIpc) is 2.85. The molecule has 2 rings (SSSR count). The number of aromatic nitrogens is 2. The van der Waals surface area contributed by atoms with E-state index in [4.69, 9.17) is 10.5 Å². The lowest BCUT2D eigenvalue weighted by molar-refractivity contribution is 0.295. The summed E-state index contributed by atoms with van der Waals surface area (Å²) in [5.74, 6) is 0.936. The molecule has 0 aliphatic carbocycles. The molecule has 1 aromatic heterocycles. The van der Waals surface area contributed by atoms with E-state index in [9.17, 15) is 0 Å². The first-order valence-corrected chi connectivity index (χ1v) is 6.17. The highest BCUT2D eigenvalue weighted by atomic mass is 16.5. The van der Waals surface area contributed by atoms with Crippen LogP contribution in [0.1, 0.15) is 11.1 Å². The van der Waals surface area contributed by atoms with Crippen LogP contribution in [0.2, 0.25) is 0 Å². The van der Waals surface area contributed by atoms with Gasteiger partial charge in [0, 0.05) is 12.4 Å². The molecule has 0 spiro atoms. The van der Waals surface area contributed by atoms with Crippen molar-refractivity contribution in [1.82, 2.24) is 9.55 Å². The topological polar surface area (TPSA) is 53.1 Å². The zero-order valence-corrected chi connectivity index (χ0v) is 10.7. The van der Waals surface area contributed by atoms with Gasteiger partial charge < -0.3 is 15.0 Å². The lowest BCUT2D eigenvalue weighted by Crippen LogP contribution is -2.09. The summed E-state index contributed by atoms with van der Waals surface area (Å²) in [6.07, 6.45) is 6.34. The Labute approximate surface area is 107 Å². The summed E-state index contributed by atoms with van der Waals surface area (Å²) in [5.41, 5.74) is 8.04. The van der Waals surface area contributed by atoms with Crippen LogP contribution in [-0.4, -0.2) is 22.7 Å². The molecule has 0 fully saturated rings. The van der Waals surface area contributed by atoms with E-state index in [1.165, 1.54) is 11.1 Å². The van der Waals surface area contributed by atoms with Crippen molar-refractivity contribution in [3.63, 3.8) is 0 Å². The minimum atomic E-state index is 0.636. The highest BCUT2D eigenvalue weighted by molar-refractivity contribution is 5.37. The van der Waals surface area contributed by atoms with Gasteiger partial charge in [-0.3, -0.25) is 0 Å². The maximum atomic E-state index is 5.81. The van der Waals surface area contributed by atoms with Crippen LogP contribution < -0.4 is 10.5 Å². The third-order valence-corrected chi connectivity index (χ3v) is 2.80. The number of hydrogen-bond donors (Lipinski definition) is 1. The van der Waals surface area contributed by atoms with Gasteiger partial charge in [-0.25, -0.2) is 4.98 Å². The molecule has 0 saturated heterocycles. The van der Waals surface area contributed by atoms with E-state index in [0.29, 0.717) is 13.2 Å². The first kappa shape index (κ1) is 12.6. The van der Waals surface area contributed by atoms with E-state index in [0.717, 1.165) is 18.7 Å². The van der Waals surface area contributed by atoms with Gasteiger partial charge in [0.05, 0.1) is 12.9 Å². The van der Waals surface area contributed by atoms with Crippen molar-refractivity contribution in [2.75, 3.05) is 13.2 Å². The molecule has 1 aromatic carbocycles. The minimum Gasteiger partial charge on any atom is -0.491 e. The van der Waals surface area contributed by atoms with Crippen LogP contribution in [0.25, 0.3) is 0 Å². The summed E-state index contributed by atoms with van der Waals surface area (Å²) in [6, 6.07) is 6.22. The van der Waals surface area contributed by atoms with Crippen molar-refractivity contribution < 1.29 is 4.74 Å². The largest absolute Gasteiger partial charge is 0.491 e. The van der Waals surface area contributed by atoms with Gasteiger partial charge in [0.25, 0.3) is 0 Å². The minimum absolute atomic E-state index is 0.636. The molecule has 0 saturated carbocycles. The second-order valence-corrected chi connectivity index (χ2v) is 4.30. The van der Waals surface area contributed by atoms with Crippen LogP contribution in [-0.2, 0) is 13.0 Å². The molecule has 4 nitrogen and oxygen atoms in total. The van der Waals surface area contributed by atoms with Crippen molar-refractivity contribution in [3.05, 3.63) is 48.0 Å². The van der Waals surface area contributed by atoms with Crippen LogP contribution in [0.4, 0.5) is 0 Å². The molecule has 0 aliphatic rings. The molecular formula is C14H19N3O. The molecule has 0 bridgehead atoms. The Morgan fingerprint density at radius 3 is 3.00 bits per heavy atom. The van der Waals surface area contributed by atoms with Crippen LogP contribution in [0, 0.1) is 6.92 Å². The Morgan fingerprint density at radius 2 is 2.28 bits per heavy atom. The molecule has 18 heavy (non-hydrogen) atoms. The number of benzene rings is 1. The molecule has 0 radical (unpaired) electrons. The third kappa shape index (κ3) is 3.34. The second kappa shape index (κ2) is 6.21. The molecular weight excluding hydrogens is 226 g/mol. The zero-order valence-electron chi connectivity index (χ0n) is 10.7. The lowest BCUT2D eigenvalue weighted by Gasteiger charge is -2.12. The summed E-state index contributed by atoms with van der Waals surface area (Å²) in [6.45, 7) is 4.16. The van der Waals surface area contributed by atoms with E-state index < -0.39 is 0 Å². The summed E-state index contributed by atoms with van der Waals surface area (Å²) < 4.78 is 7.81. The van der Waals surface area contributed by atoms with Crippen molar-refractivity contribution >= 4 is 0 Å². The van der Waals surface area contributed by atoms with Crippen LogP contribution in [0.15, 0.2) is 36.9 Å². The Bertz CT molecular complexity index is 480. The Kier molecular flexibility index (Phi) is 4.36. The quantitative estimate of drug-likeness (QED) is 0.844. The molecule has 1 heterocycles. The highest BCUT2D eigenvalue weighted by Gasteiger charge is 2.03. The second-order valence-electron chi connectivity index (χ2n) is 4.30. The van der Waals surface area contributed by atoms with Crippen molar-refractivity contribution in [2.24, 2.45) is 5.73 Å². The van der Waals surface area contributed by atoms with Crippen molar-refractivity contribution in [1.29, 1.82) is 0 Å². The van der Waals surface area contributed by atoms with Gasteiger partial charge in [-0.2, -0.15) is 0 Å². The van der Waals surface area contributed by atoms with Gasteiger partial charge in [0.1, 0.15) is 12.4 Å². The maximum Gasteiger partial charge on any atom is 0.122 e. The van der Waals surface area contributed by atoms with Crippen molar-refractivity contribution in [2.45, 2.75) is 19.9 Å². The summed E-state index contributed by atoms with van der Waals surface area (Å²) in [4.78, 5) is 4.00.